The highest BCUT2D eigenvalue weighted by Gasteiger charge is 2.42. The lowest BCUT2D eigenvalue weighted by Gasteiger charge is -2.39. The highest BCUT2D eigenvalue weighted by Crippen LogP contribution is 2.43. The molecule has 9 nitrogen and oxygen atoms in total. The monoisotopic (exact) mass is 594 g/mol. The van der Waals surface area contributed by atoms with Crippen LogP contribution >= 0.6 is 0 Å². The summed E-state index contributed by atoms with van der Waals surface area (Å²) in [4.78, 5) is 24.4. The molecule has 0 aromatic heterocycles. The van der Waals surface area contributed by atoms with Crippen LogP contribution < -0.4 is 19.5 Å². The van der Waals surface area contributed by atoms with Crippen LogP contribution in [0.15, 0.2) is 18.2 Å². The number of carbonyl (C=O) groups is 2. The second-order valence-corrected chi connectivity index (χ2v) is 22.3. The standard InChI is InChI=1S/C29H50N2O7Si2/c1-12-16-35-18-19-36-17-15-30-26(32)23(31-27(33)34)20-22-13-14-24(37-39(8,9)28(2,3)4)25(21-22)38-40(10,11)29(5,6)7/h1,13-14,21,23,31H,15-20H2,2-11H3,(H,30,32)(H,33,34)/t23-/m0/s1. The molecule has 1 atom stereocenters. The molecule has 0 saturated heterocycles. The van der Waals surface area contributed by atoms with Gasteiger partial charge in [0.2, 0.25) is 5.91 Å². The number of rotatable bonds is 15. The minimum Gasteiger partial charge on any atom is -0.541 e. The lowest BCUT2D eigenvalue weighted by Crippen LogP contribution is -2.48. The molecule has 0 spiro atoms. The van der Waals surface area contributed by atoms with Gasteiger partial charge in [0.1, 0.15) is 24.1 Å². The van der Waals surface area contributed by atoms with Crippen LogP contribution in [0.4, 0.5) is 4.79 Å². The van der Waals surface area contributed by atoms with Crippen molar-refractivity contribution in [3.05, 3.63) is 23.8 Å². The summed E-state index contributed by atoms with van der Waals surface area (Å²) in [5.41, 5.74) is 0.757. The van der Waals surface area contributed by atoms with E-state index >= 15 is 0 Å². The minimum absolute atomic E-state index is 0.00702. The molecule has 0 aliphatic heterocycles. The van der Waals surface area contributed by atoms with Crippen molar-refractivity contribution in [1.29, 1.82) is 0 Å². The molecule has 0 fully saturated rings. The summed E-state index contributed by atoms with van der Waals surface area (Å²) in [5, 5.41) is 14.4. The van der Waals surface area contributed by atoms with E-state index in [9.17, 15) is 14.7 Å². The lowest BCUT2D eigenvalue weighted by molar-refractivity contribution is -0.123. The van der Waals surface area contributed by atoms with E-state index in [1.54, 1.807) is 0 Å². The Morgan fingerprint density at radius 2 is 1.48 bits per heavy atom. The predicted molar refractivity (Wildman–Crippen MR) is 164 cm³/mol. The van der Waals surface area contributed by atoms with Gasteiger partial charge in [-0.25, -0.2) is 4.79 Å². The molecule has 3 N–H and O–H groups in total. The molecule has 0 saturated carbocycles. The van der Waals surface area contributed by atoms with E-state index in [4.69, 9.17) is 24.7 Å². The first-order valence-electron chi connectivity index (χ1n) is 13.7. The van der Waals surface area contributed by atoms with Gasteiger partial charge in [-0.2, -0.15) is 0 Å². The maximum atomic E-state index is 12.9. The highest BCUT2D eigenvalue weighted by atomic mass is 28.4. The van der Waals surface area contributed by atoms with Gasteiger partial charge in [-0.3, -0.25) is 4.79 Å². The summed E-state index contributed by atoms with van der Waals surface area (Å²) in [6.45, 7) is 23.2. The molecule has 1 aromatic rings. The van der Waals surface area contributed by atoms with E-state index in [-0.39, 0.29) is 36.3 Å². The number of nitrogens with one attached hydrogen (secondary N) is 2. The van der Waals surface area contributed by atoms with Gasteiger partial charge < -0.3 is 34.1 Å². The topological polar surface area (TPSA) is 115 Å². The van der Waals surface area contributed by atoms with Crippen LogP contribution in [0.2, 0.25) is 36.3 Å². The van der Waals surface area contributed by atoms with Crippen LogP contribution in [-0.2, 0) is 20.7 Å². The SMILES string of the molecule is C#CCOCCOCCNC(=O)[C@H](Cc1ccc(O[Si](C)(C)C(C)(C)C)c(O[Si](C)(C)C(C)(C)C)c1)NC(=O)O. The molecule has 2 amide bonds. The fourth-order valence-electron chi connectivity index (χ4n) is 3.01. The maximum absolute atomic E-state index is 12.9. The van der Waals surface area contributed by atoms with Gasteiger partial charge in [-0.1, -0.05) is 53.5 Å². The molecule has 0 aliphatic rings. The molecular formula is C29H50N2O7Si2. The van der Waals surface area contributed by atoms with Crippen LogP contribution in [0.3, 0.4) is 0 Å². The Morgan fingerprint density at radius 1 is 0.925 bits per heavy atom. The molecule has 1 aromatic carbocycles. The number of carbonyl (C=O) groups excluding carboxylic acids is 1. The molecule has 11 heteroatoms. The van der Waals surface area contributed by atoms with Crippen molar-refractivity contribution in [1.82, 2.24) is 10.6 Å². The summed E-state index contributed by atoms with van der Waals surface area (Å²) in [6, 6.07) is 4.63. The smallest absolute Gasteiger partial charge is 0.405 e. The van der Waals surface area contributed by atoms with Crippen molar-refractivity contribution in [2.24, 2.45) is 0 Å². The number of amides is 2. The number of terminal acetylenes is 1. The molecule has 1 rings (SSSR count). The fraction of sp³-hybridized carbons (Fsp3) is 0.655. The molecule has 226 valence electrons. The number of hydrogen-bond donors (Lipinski definition) is 3. The van der Waals surface area contributed by atoms with Gasteiger partial charge in [0.05, 0.1) is 19.8 Å². The fourth-order valence-corrected chi connectivity index (χ4v) is 5.05. The Hall–Kier alpha value is -2.53. The van der Waals surface area contributed by atoms with Crippen LogP contribution in [0.5, 0.6) is 11.5 Å². The second kappa shape index (κ2) is 14.9. The average molecular weight is 595 g/mol. The van der Waals surface area contributed by atoms with Gasteiger partial charge >= 0.3 is 6.09 Å². The number of ether oxygens (including phenoxy) is 2. The molecule has 0 aliphatic carbocycles. The quantitative estimate of drug-likeness (QED) is 0.141. The zero-order valence-corrected chi connectivity index (χ0v) is 28.0. The third-order valence-electron chi connectivity index (χ3n) is 7.51. The van der Waals surface area contributed by atoms with Crippen molar-refractivity contribution in [3.63, 3.8) is 0 Å². The zero-order chi connectivity index (χ0) is 30.8. The first kappa shape index (κ1) is 35.5. The molecular weight excluding hydrogens is 544 g/mol. The molecule has 0 bridgehead atoms. The summed E-state index contributed by atoms with van der Waals surface area (Å²) < 4.78 is 23.9. The normalized spacial score (nSPS) is 13.2. The van der Waals surface area contributed by atoms with Crippen molar-refractivity contribution in [3.8, 4) is 23.8 Å². The number of carboxylic acid groups (broad SMARTS) is 1. The van der Waals surface area contributed by atoms with Gasteiger partial charge in [0.15, 0.2) is 0 Å². The Bertz CT molecular complexity index is 1020. The predicted octanol–water partition coefficient (Wildman–Crippen LogP) is 5.42. The zero-order valence-electron chi connectivity index (χ0n) is 26.0. The third-order valence-corrected chi connectivity index (χ3v) is 16.2. The molecule has 40 heavy (non-hydrogen) atoms. The van der Waals surface area contributed by atoms with Gasteiger partial charge in [-0.15, -0.1) is 6.42 Å². The van der Waals surface area contributed by atoms with E-state index in [1.807, 2.05) is 18.2 Å². The average Bonchev–Trinajstić information content (AvgIpc) is 2.79. The van der Waals surface area contributed by atoms with Crippen LogP contribution in [0, 0.1) is 12.3 Å². The molecule has 0 unspecified atom stereocenters. The minimum atomic E-state index is -2.23. The Kier molecular flexibility index (Phi) is 13.2. The van der Waals surface area contributed by atoms with Crippen LogP contribution in [0.25, 0.3) is 0 Å². The Labute approximate surface area is 243 Å². The van der Waals surface area contributed by atoms with Gasteiger partial charge in [0, 0.05) is 13.0 Å². The summed E-state index contributed by atoms with van der Waals surface area (Å²) in [6.07, 6.45) is 3.99. The third kappa shape index (κ3) is 11.5. The van der Waals surface area contributed by atoms with E-state index in [0.717, 1.165) is 5.56 Å². The summed E-state index contributed by atoms with van der Waals surface area (Å²) in [5.74, 6) is 3.23. The number of benzene rings is 1. The summed E-state index contributed by atoms with van der Waals surface area (Å²) in [7, 11) is -4.40. The first-order valence-corrected chi connectivity index (χ1v) is 19.5. The first-order chi connectivity index (χ1) is 18.3. The maximum Gasteiger partial charge on any atom is 0.405 e. The number of hydrogen-bond acceptors (Lipinski definition) is 6. The molecule has 0 heterocycles. The second-order valence-electron chi connectivity index (χ2n) is 12.9. The summed E-state index contributed by atoms with van der Waals surface area (Å²) >= 11 is 0. The Morgan fingerprint density at radius 3 is 2.00 bits per heavy atom. The molecule has 0 radical (unpaired) electrons. The highest BCUT2D eigenvalue weighted by molar-refractivity contribution is 6.75. The van der Waals surface area contributed by atoms with Crippen molar-refractivity contribution >= 4 is 28.6 Å². The van der Waals surface area contributed by atoms with Gasteiger partial charge in [0.25, 0.3) is 16.6 Å². The van der Waals surface area contributed by atoms with Crippen molar-refractivity contribution in [2.45, 2.75) is 90.3 Å². The van der Waals surface area contributed by atoms with Crippen LogP contribution in [0.1, 0.15) is 47.1 Å². The Balaban J connectivity index is 3.13. The van der Waals surface area contributed by atoms with Crippen molar-refractivity contribution in [2.75, 3.05) is 33.0 Å². The van der Waals surface area contributed by atoms with E-state index < -0.39 is 34.7 Å². The van der Waals surface area contributed by atoms with Crippen LogP contribution in [-0.4, -0.2) is 72.8 Å². The van der Waals surface area contributed by atoms with E-state index in [0.29, 0.717) is 24.7 Å². The van der Waals surface area contributed by atoms with Gasteiger partial charge in [-0.05, 0) is 54.0 Å². The largest absolute Gasteiger partial charge is 0.541 e. The van der Waals surface area contributed by atoms with E-state index in [2.05, 4.69) is 84.3 Å². The lowest BCUT2D eigenvalue weighted by atomic mass is 10.0. The van der Waals surface area contributed by atoms with Crippen molar-refractivity contribution < 1.29 is 33.0 Å². The van der Waals surface area contributed by atoms with E-state index in [1.165, 1.54) is 0 Å².